The zero-order chi connectivity index (χ0) is 17.1. The molecule has 0 atom stereocenters. The maximum atomic E-state index is 14.7. The molecule has 0 aliphatic heterocycles. The van der Waals surface area contributed by atoms with Crippen molar-refractivity contribution in [2.45, 2.75) is 0 Å². The van der Waals surface area contributed by atoms with E-state index in [9.17, 15) is 4.39 Å². The zero-order valence-electron chi connectivity index (χ0n) is 13.3. The molecule has 3 aromatic rings. The first-order valence-corrected chi connectivity index (χ1v) is 7.79. The molecule has 0 bridgehead atoms. The van der Waals surface area contributed by atoms with Crippen LogP contribution in [-0.2, 0) is 0 Å². The zero-order valence-corrected chi connectivity index (χ0v) is 14.1. The maximum absolute atomic E-state index is 14.7. The number of methoxy groups -OCH3 is 2. The van der Waals surface area contributed by atoms with Crippen LogP contribution in [0.1, 0.15) is 0 Å². The second-order valence-corrected chi connectivity index (χ2v) is 5.62. The smallest absolute Gasteiger partial charge is 0.131 e. The molecule has 0 saturated carbocycles. The van der Waals surface area contributed by atoms with Gasteiger partial charge in [-0.2, -0.15) is 0 Å². The molecule has 0 spiro atoms. The highest BCUT2D eigenvalue weighted by Crippen LogP contribution is 2.42. The summed E-state index contributed by atoms with van der Waals surface area (Å²) in [5.74, 6) is 0.842. The molecule has 0 radical (unpaired) electrons. The first kappa shape index (κ1) is 16.3. The van der Waals surface area contributed by atoms with E-state index in [1.54, 1.807) is 44.6 Å². The van der Waals surface area contributed by atoms with E-state index in [1.807, 2.05) is 24.3 Å². The highest BCUT2D eigenvalue weighted by atomic mass is 35.5. The van der Waals surface area contributed by atoms with Crippen molar-refractivity contribution in [1.82, 2.24) is 0 Å². The predicted octanol–water partition coefficient (Wildman–Crippen LogP) is 5.83. The SMILES string of the molecule is COc1ccc(-c2c(F)cccc2-c2ccccc2Cl)c(OC)c1. The van der Waals surface area contributed by atoms with Crippen LogP contribution < -0.4 is 9.47 Å². The Morgan fingerprint density at radius 3 is 2.25 bits per heavy atom. The standard InChI is InChI=1S/C20H16ClFO2/c1-23-13-10-11-16(19(12-13)24-2)20-15(7-5-9-18(20)22)14-6-3-4-8-17(14)21/h3-12H,1-2H3. The molecule has 4 heteroatoms. The Bertz CT molecular complexity index is 877. The topological polar surface area (TPSA) is 18.5 Å². The van der Waals surface area contributed by atoms with Gasteiger partial charge in [-0.25, -0.2) is 4.39 Å². The van der Waals surface area contributed by atoms with Crippen molar-refractivity contribution in [3.05, 3.63) is 71.5 Å². The Hall–Kier alpha value is -2.52. The van der Waals surface area contributed by atoms with Gasteiger partial charge in [0.25, 0.3) is 0 Å². The molecular formula is C20H16ClFO2. The van der Waals surface area contributed by atoms with Gasteiger partial charge in [0, 0.05) is 27.8 Å². The van der Waals surface area contributed by atoms with Crippen LogP contribution in [0, 0.1) is 5.82 Å². The van der Waals surface area contributed by atoms with Gasteiger partial charge in [-0.15, -0.1) is 0 Å². The fourth-order valence-corrected chi connectivity index (χ4v) is 2.94. The molecule has 0 unspecified atom stereocenters. The second kappa shape index (κ2) is 6.93. The number of hydrogen-bond acceptors (Lipinski definition) is 2. The molecule has 0 aliphatic rings. The lowest BCUT2D eigenvalue weighted by atomic mass is 9.93. The van der Waals surface area contributed by atoms with Crippen LogP contribution in [0.5, 0.6) is 11.5 Å². The van der Waals surface area contributed by atoms with Crippen molar-refractivity contribution in [2.24, 2.45) is 0 Å². The van der Waals surface area contributed by atoms with Crippen LogP contribution in [0.25, 0.3) is 22.3 Å². The molecule has 3 aromatic carbocycles. The third-order valence-corrected chi connectivity index (χ3v) is 4.19. The van der Waals surface area contributed by atoms with E-state index in [-0.39, 0.29) is 5.82 Å². The minimum atomic E-state index is -0.337. The summed E-state index contributed by atoms with van der Waals surface area (Å²) in [6.07, 6.45) is 0. The van der Waals surface area contributed by atoms with Crippen LogP contribution in [-0.4, -0.2) is 14.2 Å². The van der Waals surface area contributed by atoms with Gasteiger partial charge in [0.1, 0.15) is 17.3 Å². The lowest BCUT2D eigenvalue weighted by Gasteiger charge is -2.16. The summed E-state index contributed by atoms with van der Waals surface area (Å²) < 4.78 is 25.4. The minimum absolute atomic E-state index is 0.337. The van der Waals surface area contributed by atoms with E-state index in [1.165, 1.54) is 6.07 Å². The number of hydrogen-bond donors (Lipinski definition) is 0. The van der Waals surface area contributed by atoms with Crippen LogP contribution in [0.3, 0.4) is 0 Å². The molecule has 2 nitrogen and oxygen atoms in total. The molecule has 0 N–H and O–H groups in total. The summed E-state index contributed by atoms with van der Waals surface area (Å²) in [4.78, 5) is 0. The van der Waals surface area contributed by atoms with Gasteiger partial charge < -0.3 is 9.47 Å². The number of ether oxygens (including phenoxy) is 2. The molecule has 0 amide bonds. The minimum Gasteiger partial charge on any atom is -0.497 e. The molecule has 24 heavy (non-hydrogen) atoms. The summed E-state index contributed by atoms with van der Waals surface area (Å²) in [5.41, 5.74) is 2.58. The van der Waals surface area contributed by atoms with Crippen LogP contribution in [0.4, 0.5) is 4.39 Å². The molecule has 0 aliphatic carbocycles. The van der Waals surface area contributed by atoms with Gasteiger partial charge in [0.2, 0.25) is 0 Å². The van der Waals surface area contributed by atoms with E-state index in [2.05, 4.69) is 0 Å². The van der Waals surface area contributed by atoms with Gasteiger partial charge in [0.05, 0.1) is 14.2 Å². The van der Waals surface area contributed by atoms with Crippen molar-refractivity contribution in [3.8, 4) is 33.8 Å². The van der Waals surface area contributed by atoms with Crippen molar-refractivity contribution in [2.75, 3.05) is 14.2 Å². The number of halogens is 2. The second-order valence-electron chi connectivity index (χ2n) is 5.21. The molecule has 0 fully saturated rings. The molecule has 3 rings (SSSR count). The largest absolute Gasteiger partial charge is 0.497 e. The van der Waals surface area contributed by atoms with Gasteiger partial charge >= 0.3 is 0 Å². The summed E-state index contributed by atoms with van der Waals surface area (Å²) in [6, 6.07) is 17.6. The number of rotatable bonds is 4. The van der Waals surface area contributed by atoms with E-state index in [0.29, 0.717) is 33.2 Å². The van der Waals surface area contributed by atoms with Gasteiger partial charge in [-0.1, -0.05) is 41.9 Å². The summed E-state index contributed by atoms with van der Waals surface area (Å²) >= 11 is 6.32. The van der Waals surface area contributed by atoms with E-state index in [0.717, 1.165) is 5.56 Å². The molecule has 0 heterocycles. The third kappa shape index (κ3) is 2.95. The highest BCUT2D eigenvalue weighted by molar-refractivity contribution is 6.33. The van der Waals surface area contributed by atoms with Gasteiger partial charge in [-0.3, -0.25) is 0 Å². The Labute approximate surface area is 145 Å². The molecule has 122 valence electrons. The number of benzene rings is 3. The van der Waals surface area contributed by atoms with Crippen molar-refractivity contribution in [1.29, 1.82) is 0 Å². The van der Waals surface area contributed by atoms with Crippen LogP contribution in [0.2, 0.25) is 5.02 Å². The summed E-state index contributed by atoms with van der Waals surface area (Å²) in [7, 11) is 3.13. The van der Waals surface area contributed by atoms with Crippen molar-refractivity contribution < 1.29 is 13.9 Å². The average Bonchev–Trinajstić information content (AvgIpc) is 2.61. The fraction of sp³-hybridized carbons (Fsp3) is 0.100. The molecule has 0 aromatic heterocycles. The van der Waals surface area contributed by atoms with Crippen molar-refractivity contribution >= 4 is 11.6 Å². The Balaban J connectivity index is 2.28. The summed E-state index contributed by atoms with van der Waals surface area (Å²) in [6.45, 7) is 0. The lowest BCUT2D eigenvalue weighted by Crippen LogP contribution is -1.95. The van der Waals surface area contributed by atoms with Crippen LogP contribution in [0.15, 0.2) is 60.7 Å². The van der Waals surface area contributed by atoms with E-state index >= 15 is 0 Å². The average molecular weight is 343 g/mol. The third-order valence-electron chi connectivity index (χ3n) is 3.86. The van der Waals surface area contributed by atoms with E-state index in [4.69, 9.17) is 21.1 Å². The maximum Gasteiger partial charge on any atom is 0.131 e. The Kier molecular flexibility index (Phi) is 4.72. The van der Waals surface area contributed by atoms with Gasteiger partial charge in [-0.05, 0) is 29.8 Å². The quantitative estimate of drug-likeness (QED) is 0.594. The van der Waals surface area contributed by atoms with E-state index < -0.39 is 0 Å². The molecule has 0 saturated heterocycles. The Morgan fingerprint density at radius 1 is 0.792 bits per heavy atom. The monoisotopic (exact) mass is 342 g/mol. The Morgan fingerprint density at radius 2 is 1.54 bits per heavy atom. The van der Waals surface area contributed by atoms with Crippen molar-refractivity contribution in [3.63, 3.8) is 0 Å². The molecular weight excluding hydrogens is 327 g/mol. The van der Waals surface area contributed by atoms with Crippen LogP contribution >= 0.6 is 11.6 Å². The fourth-order valence-electron chi connectivity index (χ4n) is 2.71. The lowest BCUT2D eigenvalue weighted by molar-refractivity contribution is 0.395. The first-order chi connectivity index (χ1) is 11.7. The normalized spacial score (nSPS) is 10.5. The summed E-state index contributed by atoms with van der Waals surface area (Å²) in [5, 5.41) is 0.567. The van der Waals surface area contributed by atoms with Gasteiger partial charge in [0.15, 0.2) is 0 Å². The first-order valence-electron chi connectivity index (χ1n) is 7.41. The highest BCUT2D eigenvalue weighted by Gasteiger charge is 2.18. The predicted molar refractivity (Wildman–Crippen MR) is 95.4 cm³/mol.